The van der Waals surface area contributed by atoms with Gasteiger partial charge in [0.25, 0.3) is 0 Å². The predicted molar refractivity (Wildman–Crippen MR) is 140 cm³/mol. The molecule has 0 aliphatic carbocycles. The number of aryl methyl sites for hydroxylation is 2. The average Bonchev–Trinajstić information content (AvgIpc) is 3.34. The zero-order chi connectivity index (χ0) is 25.5. The Morgan fingerprint density at radius 3 is 2.58 bits per heavy atom. The van der Waals surface area contributed by atoms with Crippen molar-refractivity contribution in [3.8, 4) is 0 Å². The molecule has 0 saturated carbocycles. The second kappa shape index (κ2) is 11.5. The Morgan fingerprint density at radius 2 is 1.83 bits per heavy atom. The molecule has 3 N–H and O–H groups in total. The van der Waals surface area contributed by atoms with Gasteiger partial charge in [-0.15, -0.1) is 11.3 Å². The lowest BCUT2D eigenvalue weighted by Gasteiger charge is -2.27. The zero-order valence-corrected chi connectivity index (χ0v) is 20.5. The smallest absolute Gasteiger partial charge is 0.323 e. The number of thiazole rings is 1. The van der Waals surface area contributed by atoms with Crippen LogP contribution in [0.2, 0.25) is 0 Å². The van der Waals surface area contributed by atoms with Crippen molar-refractivity contribution in [3.05, 3.63) is 100 Å². The van der Waals surface area contributed by atoms with Gasteiger partial charge < -0.3 is 20.6 Å². The number of aromatic nitrogens is 1. The standard InChI is InChI=1S/C27H26N4O4S/c1-18-6-2-3-7-22(18)30-27(35)29-20-11-9-19(10-12-20)16-24(32)31-15-5-4-8-23(31)26-28-17-21(36-26)13-14-25(33)34/h2-12,15,17,23H,13-14,16H2,1H3,(H,33,34)(H2,29,30,35). The van der Waals surface area contributed by atoms with Gasteiger partial charge >= 0.3 is 12.0 Å². The number of para-hydroxylation sites is 1. The van der Waals surface area contributed by atoms with Crippen LogP contribution < -0.4 is 10.6 Å². The first-order chi connectivity index (χ1) is 17.4. The summed E-state index contributed by atoms with van der Waals surface area (Å²) in [5, 5.41) is 15.3. The number of urea groups is 1. The molecule has 2 heterocycles. The fourth-order valence-corrected chi connectivity index (χ4v) is 4.71. The third-order valence-corrected chi connectivity index (χ3v) is 6.74. The van der Waals surface area contributed by atoms with Crippen molar-refractivity contribution in [3.63, 3.8) is 0 Å². The van der Waals surface area contributed by atoms with Gasteiger partial charge in [-0.1, -0.05) is 42.5 Å². The molecule has 36 heavy (non-hydrogen) atoms. The van der Waals surface area contributed by atoms with Crippen LogP contribution in [0.3, 0.4) is 0 Å². The maximum atomic E-state index is 13.1. The molecule has 1 aliphatic heterocycles. The number of carboxylic acid groups (broad SMARTS) is 1. The Balaban J connectivity index is 1.36. The summed E-state index contributed by atoms with van der Waals surface area (Å²) >= 11 is 1.42. The normalized spacial score (nSPS) is 14.5. The molecule has 4 rings (SSSR count). The lowest BCUT2D eigenvalue weighted by molar-refractivity contribution is -0.137. The van der Waals surface area contributed by atoms with Gasteiger partial charge in [0, 0.05) is 28.6 Å². The van der Waals surface area contributed by atoms with Crippen LogP contribution in [0.4, 0.5) is 16.2 Å². The Kier molecular flexibility index (Phi) is 7.92. The maximum Gasteiger partial charge on any atom is 0.323 e. The first-order valence-electron chi connectivity index (χ1n) is 11.4. The van der Waals surface area contributed by atoms with Crippen LogP contribution in [0.5, 0.6) is 0 Å². The molecule has 184 valence electrons. The molecule has 9 heteroatoms. The van der Waals surface area contributed by atoms with E-state index in [1.807, 2.05) is 55.5 Å². The van der Waals surface area contributed by atoms with Gasteiger partial charge in [0.2, 0.25) is 5.91 Å². The van der Waals surface area contributed by atoms with E-state index >= 15 is 0 Å². The van der Waals surface area contributed by atoms with Crippen LogP contribution in [0, 0.1) is 6.92 Å². The third-order valence-electron chi connectivity index (χ3n) is 5.61. The summed E-state index contributed by atoms with van der Waals surface area (Å²) in [6.45, 7) is 1.92. The van der Waals surface area contributed by atoms with Gasteiger partial charge in [-0.05, 0) is 48.7 Å². The minimum atomic E-state index is -0.851. The topological polar surface area (TPSA) is 112 Å². The van der Waals surface area contributed by atoms with E-state index in [1.54, 1.807) is 35.5 Å². The summed E-state index contributed by atoms with van der Waals surface area (Å²) in [6.07, 6.45) is 9.62. The number of aliphatic carboxylic acids is 1. The molecule has 1 aromatic heterocycles. The zero-order valence-electron chi connectivity index (χ0n) is 19.7. The van der Waals surface area contributed by atoms with Gasteiger partial charge in [0.05, 0.1) is 12.8 Å². The molecule has 1 atom stereocenters. The second-order valence-corrected chi connectivity index (χ2v) is 9.45. The van der Waals surface area contributed by atoms with Crippen molar-refractivity contribution in [2.45, 2.75) is 32.2 Å². The van der Waals surface area contributed by atoms with Crippen LogP contribution in [0.25, 0.3) is 0 Å². The van der Waals surface area contributed by atoms with Crippen LogP contribution in [-0.2, 0) is 22.4 Å². The Labute approximate surface area is 213 Å². The summed E-state index contributed by atoms with van der Waals surface area (Å²) in [7, 11) is 0. The lowest BCUT2D eigenvalue weighted by atomic mass is 10.1. The number of nitrogens with one attached hydrogen (secondary N) is 2. The second-order valence-electron chi connectivity index (χ2n) is 8.30. The van der Waals surface area contributed by atoms with Crippen molar-refractivity contribution in [2.24, 2.45) is 0 Å². The summed E-state index contributed by atoms with van der Waals surface area (Å²) in [5.74, 6) is -0.948. The average molecular weight is 503 g/mol. The van der Waals surface area contributed by atoms with Crippen molar-refractivity contribution >= 4 is 40.6 Å². The highest BCUT2D eigenvalue weighted by Crippen LogP contribution is 2.30. The molecule has 0 bridgehead atoms. The highest BCUT2D eigenvalue weighted by Gasteiger charge is 2.25. The third kappa shape index (κ3) is 6.45. The van der Waals surface area contributed by atoms with Crippen LogP contribution in [0.15, 0.2) is 79.2 Å². The van der Waals surface area contributed by atoms with Gasteiger partial charge in [-0.2, -0.15) is 0 Å². The number of benzene rings is 2. The highest BCUT2D eigenvalue weighted by atomic mass is 32.1. The summed E-state index contributed by atoms with van der Waals surface area (Å²) in [6, 6.07) is 14.0. The first kappa shape index (κ1) is 24.9. The van der Waals surface area contributed by atoms with E-state index in [0.29, 0.717) is 12.1 Å². The lowest BCUT2D eigenvalue weighted by Crippen LogP contribution is -2.31. The Hall–Kier alpha value is -4.24. The van der Waals surface area contributed by atoms with Gasteiger partial charge in [-0.25, -0.2) is 9.78 Å². The number of amides is 3. The number of carboxylic acids is 1. The molecule has 0 radical (unpaired) electrons. The van der Waals surface area contributed by atoms with Gasteiger partial charge in [-0.3, -0.25) is 9.59 Å². The molecule has 2 aromatic carbocycles. The van der Waals surface area contributed by atoms with E-state index in [4.69, 9.17) is 5.11 Å². The minimum Gasteiger partial charge on any atom is -0.481 e. The van der Waals surface area contributed by atoms with Crippen molar-refractivity contribution < 1.29 is 19.5 Å². The van der Waals surface area contributed by atoms with Gasteiger partial charge in [0.1, 0.15) is 11.0 Å². The molecule has 3 amide bonds. The SMILES string of the molecule is Cc1ccccc1NC(=O)Nc1ccc(CC(=O)N2C=CC=CC2c2ncc(CCC(=O)O)s2)cc1. The maximum absolute atomic E-state index is 13.1. The molecule has 1 aliphatic rings. The van der Waals surface area contributed by atoms with E-state index in [9.17, 15) is 14.4 Å². The number of hydrogen-bond donors (Lipinski definition) is 3. The van der Waals surface area contributed by atoms with E-state index < -0.39 is 5.97 Å². The van der Waals surface area contributed by atoms with E-state index in [-0.39, 0.29) is 30.8 Å². The largest absolute Gasteiger partial charge is 0.481 e. The number of carbonyl (C=O) groups excluding carboxylic acids is 2. The fraction of sp³-hybridized carbons (Fsp3) is 0.185. The first-order valence-corrected chi connectivity index (χ1v) is 12.3. The number of hydrogen-bond acceptors (Lipinski definition) is 5. The number of carbonyl (C=O) groups is 3. The van der Waals surface area contributed by atoms with Crippen LogP contribution in [-0.4, -0.2) is 32.9 Å². The monoisotopic (exact) mass is 502 g/mol. The molecule has 0 saturated heterocycles. The summed E-state index contributed by atoms with van der Waals surface area (Å²) in [4.78, 5) is 43.2. The van der Waals surface area contributed by atoms with Crippen LogP contribution >= 0.6 is 11.3 Å². The minimum absolute atomic E-state index is 0.0447. The quantitative estimate of drug-likeness (QED) is 0.387. The van der Waals surface area contributed by atoms with Crippen molar-refractivity contribution in [2.75, 3.05) is 10.6 Å². The summed E-state index contributed by atoms with van der Waals surface area (Å²) in [5.41, 5.74) is 3.14. The molecular formula is C27H26N4O4S. The van der Waals surface area contributed by atoms with Crippen molar-refractivity contribution in [1.82, 2.24) is 9.88 Å². The predicted octanol–water partition coefficient (Wildman–Crippen LogP) is 5.31. The molecule has 0 fully saturated rings. The van der Waals surface area contributed by atoms with E-state index in [0.717, 1.165) is 26.7 Å². The molecule has 1 unspecified atom stereocenters. The van der Waals surface area contributed by atoms with E-state index in [2.05, 4.69) is 15.6 Å². The molecule has 3 aromatic rings. The van der Waals surface area contributed by atoms with Crippen LogP contribution in [0.1, 0.15) is 33.5 Å². The number of rotatable bonds is 8. The number of allylic oxidation sites excluding steroid dienone is 2. The number of nitrogens with zero attached hydrogens (tertiary/aromatic N) is 2. The molecule has 0 spiro atoms. The van der Waals surface area contributed by atoms with Crippen molar-refractivity contribution in [1.29, 1.82) is 0 Å². The molecule has 8 nitrogen and oxygen atoms in total. The number of anilines is 2. The van der Waals surface area contributed by atoms with E-state index in [1.165, 1.54) is 11.3 Å². The fourth-order valence-electron chi connectivity index (χ4n) is 3.71. The van der Waals surface area contributed by atoms with Gasteiger partial charge in [0.15, 0.2) is 0 Å². The Bertz CT molecular complexity index is 1310. The summed E-state index contributed by atoms with van der Waals surface area (Å²) < 4.78 is 0. The molecular weight excluding hydrogens is 476 g/mol. The Morgan fingerprint density at radius 1 is 1.06 bits per heavy atom. The highest BCUT2D eigenvalue weighted by molar-refractivity contribution is 7.11.